The number of aromatic nitrogens is 2. The molecule has 0 radical (unpaired) electrons. The Bertz CT molecular complexity index is 1030. The average Bonchev–Trinajstić information content (AvgIpc) is 3.48. The first-order valence-electron chi connectivity index (χ1n) is 10.1. The third-order valence-electron chi connectivity index (χ3n) is 5.23. The van der Waals surface area contributed by atoms with Crippen molar-refractivity contribution in [2.75, 3.05) is 19.0 Å². The number of hydrogen-bond acceptors (Lipinski definition) is 5. The van der Waals surface area contributed by atoms with Crippen molar-refractivity contribution in [3.63, 3.8) is 0 Å². The van der Waals surface area contributed by atoms with Gasteiger partial charge in [-0.15, -0.1) is 0 Å². The van der Waals surface area contributed by atoms with Gasteiger partial charge in [-0.05, 0) is 48.2 Å². The molecule has 0 aliphatic carbocycles. The number of hydrogen-bond donors (Lipinski definition) is 2. The van der Waals surface area contributed by atoms with Crippen LogP contribution in [0.1, 0.15) is 18.4 Å². The van der Waals surface area contributed by atoms with E-state index in [9.17, 15) is 9.59 Å². The number of methoxy groups -OCH3 is 1. The number of aromatic amines is 1. The van der Waals surface area contributed by atoms with Crippen LogP contribution in [-0.4, -0.2) is 46.8 Å². The van der Waals surface area contributed by atoms with Gasteiger partial charge in [0.15, 0.2) is 5.82 Å². The minimum absolute atomic E-state index is 0.176. The largest absolute Gasteiger partial charge is 0.497 e. The number of amides is 2. The van der Waals surface area contributed by atoms with Crippen molar-refractivity contribution in [3.05, 3.63) is 66.2 Å². The van der Waals surface area contributed by atoms with Crippen LogP contribution < -0.4 is 10.1 Å². The molecule has 1 fully saturated rings. The standard InChI is InChI=1S/C23H24N4O4/c1-30-18-11-9-17(10-12-18)19-14-21(26-25-19)24-22(28)20-8-5-13-27(20)23(29)31-15-16-6-3-2-4-7-16/h2-4,6-7,9-12,14,20H,5,8,13,15H2,1H3,(H2,24,25,26,28)/t20-/m1/s1. The lowest BCUT2D eigenvalue weighted by molar-refractivity contribution is -0.120. The van der Waals surface area contributed by atoms with E-state index >= 15 is 0 Å². The topological polar surface area (TPSA) is 96.6 Å². The molecule has 2 heterocycles. The first kappa shape index (κ1) is 20.5. The zero-order valence-electron chi connectivity index (χ0n) is 17.2. The number of rotatable bonds is 6. The maximum atomic E-state index is 12.8. The molecule has 8 nitrogen and oxygen atoms in total. The number of benzene rings is 2. The van der Waals surface area contributed by atoms with Gasteiger partial charge in [0.2, 0.25) is 5.91 Å². The third kappa shape index (κ3) is 4.85. The number of carbonyl (C=O) groups is 2. The first-order valence-corrected chi connectivity index (χ1v) is 10.1. The Morgan fingerprint density at radius 2 is 1.94 bits per heavy atom. The number of carbonyl (C=O) groups excluding carboxylic acids is 2. The highest BCUT2D eigenvalue weighted by Gasteiger charge is 2.35. The zero-order valence-corrected chi connectivity index (χ0v) is 17.2. The number of nitrogens with zero attached hydrogens (tertiary/aromatic N) is 2. The van der Waals surface area contributed by atoms with Crippen LogP contribution in [0, 0.1) is 0 Å². The summed E-state index contributed by atoms with van der Waals surface area (Å²) in [6.45, 7) is 0.665. The highest BCUT2D eigenvalue weighted by molar-refractivity contribution is 5.96. The number of H-pyrrole nitrogens is 1. The Morgan fingerprint density at radius 1 is 1.16 bits per heavy atom. The zero-order chi connectivity index (χ0) is 21.6. The van der Waals surface area contributed by atoms with Crippen molar-refractivity contribution < 1.29 is 19.1 Å². The lowest BCUT2D eigenvalue weighted by Crippen LogP contribution is -2.43. The molecule has 8 heteroatoms. The Morgan fingerprint density at radius 3 is 2.68 bits per heavy atom. The van der Waals surface area contributed by atoms with Crippen molar-refractivity contribution in [2.24, 2.45) is 0 Å². The molecule has 3 aromatic rings. The smallest absolute Gasteiger partial charge is 0.410 e. The van der Waals surface area contributed by atoms with Crippen LogP contribution in [-0.2, 0) is 16.1 Å². The lowest BCUT2D eigenvalue weighted by atomic mass is 10.1. The molecule has 2 N–H and O–H groups in total. The second kappa shape index (κ2) is 9.34. The van der Waals surface area contributed by atoms with Gasteiger partial charge in [0.05, 0.1) is 12.8 Å². The van der Waals surface area contributed by atoms with Gasteiger partial charge in [0.25, 0.3) is 0 Å². The van der Waals surface area contributed by atoms with Crippen molar-refractivity contribution in [1.82, 2.24) is 15.1 Å². The summed E-state index contributed by atoms with van der Waals surface area (Å²) in [7, 11) is 1.61. The van der Waals surface area contributed by atoms with E-state index in [1.807, 2.05) is 54.6 Å². The fourth-order valence-corrected chi connectivity index (χ4v) is 3.57. The molecule has 2 amide bonds. The quantitative estimate of drug-likeness (QED) is 0.632. The molecular formula is C23H24N4O4. The molecule has 1 saturated heterocycles. The minimum Gasteiger partial charge on any atom is -0.497 e. The maximum Gasteiger partial charge on any atom is 0.410 e. The van der Waals surface area contributed by atoms with Gasteiger partial charge in [-0.2, -0.15) is 5.10 Å². The van der Waals surface area contributed by atoms with Gasteiger partial charge in [0, 0.05) is 12.6 Å². The molecule has 4 rings (SSSR count). The average molecular weight is 420 g/mol. The molecular weight excluding hydrogens is 396 g/mol. The monoisotopic (exact) mass is 420 g/mol. The summed E-state index contributed by atoms with van der Waals surface area (Å²) in [5.41, 5.74) is 2.59. The van der Waals surface area contributed by atoms with E-state index < -0.39 is 12.1 Å². The first-order chi connectivity index (χ1) is 15.1. The van der Waals surface area contributed by atoms with Crippen LogP contribution in [0.25, 0.3) is 11.3 Å². The van der Waals surface area contributed by atoms with Crippen molar-refractivity contribution in [3.8, 4) is 17.0 Å². The summed E-state index contributed by atoms with van der Waals surface area (Å²) in [5, 5.41) is 9.89. The molecule has 160 valence electrons. The van der Waals surface area contributed by atoms with Crippen LogP contribution in [0.15, 0.2) is 60.7 Å². The fourth-order valence-electron chi connectivity index (χ4n) is 3.57. The summed E-state index contributed by atoms with van der Waals surface area (Å²) in [6, 6.07) is 18.1. The normalized spacial score (nSPS) is 15.5. The molecule has 0 unspecified atom stereocenters. The van der Waals surface area contributed by atoms with Crippen LogP contribution in [0.3, 0.4) is 0 Å². The van der Waals surface area contributed by atoms with Gasteiger partial charge in [-0.1, -0.05) is 30.3 Å². The molecule has 1 aliphatic rings. The number of nitrogens with one attached hydrogen (secondary N) is 2. The molecule has 2 aromatic carbocycles. The maximum absolute atomic E-state index is 12.8. The second-order valence-corrected chi connectivity index (χ2v) is 7.28. The van der Waals surface area contributed by atoms with E-state index in [4.69, 9.17) is 9.47 Å². The van der Waals surface area contributed by atoms with Crippen LogP contribution in [0.5, 0.6) is 5.75 Å². The third-order valence-corrected chi connectivity index (χ3v) is 5.23. The van der Waals surface area contributed by atoms with E-state index in [1.54, 1.807) is 13.2 Å². The predicted molar refractivity (Wildman–Crippen MR) is 116 cm³/mol. The summed E-state index contributed by atoms with van der Waals surface area (Å²) in [6.07, 6.45) is 0.848. The Kier molecular flexibility index (Phi) is 6.16. The molecule has 1 aromatic heterocycles. The Balaban J connectivity index is 1.36. The van der Waals surface area contributed by atoms with Gasteiger partial charge >= 0.3 is 6.09 Å². The molecule has 31 heavy (non-hydrogen) atoms. The molecule has 1 atom stereocenters. The van der Waals surface area contributed by atoms with Crippen LogP contribution in [0.4, 0.5) is 10.6 Å². The summed E-state index contributed by atoms with van der Waals surface area (Å²) >= 11 is 0. The number of anilines is 1. The highest BCUT2D eigenvalue weighted by atomic mass is 16.6. The Labute approximate surface area is 180 Å². The predicted octanol–water partition coefficient (Wildman–Crippen LogP) is 3.83. The number of likely N-dealkylation sites (tertiary alicyclic amines) is 1. The minimum atomic E-state index is -0.579. The van der Waals surface area contributed by atoms with Crippen LogP contribution >= 0.6 is 0 Å². The Hall–Kier alpha value is -3.81. The fraction of sp³-hybridized carbons (Fsp3) is 0.261. The number of ether oxygens (including phenoxy) is 2. The van der Waals surface area contributed by atoms with Gasteiger partial charge in [-0.3, -0.25) is 14.8 Å². The van der Waals surface area contributed by atoms with E-state index in [0.717, 1.165) is 29.0 Å². The summed E-state index contributed by atoms with van der Waals surface area (Å²) < 4.78 is 10.6. The molecule has 0 bridgehead atoms. The van der Waals surface area contributed by atoms with Crippen LogP contribution in [0.2, 0.25) is 0 Å². The SMILES string of the molecule is COc1ccc(-c2cc(NC(=O)[C@H]3CCCN3C(=O)OCc3ccccc3)n[nH]2)cc1. The van der Waals surface area contributed by atoms with E-state index in [1.165, 1.54) is 4.90 Å². The second-order valence-electron chi connectivity index (χ2n) is 7.28. The van der Waals surface area contributed by atoms with Gasteiger partial charge < -0.3 is 14.8 Å². The van der Waals surface area contributed by atoms with Crippen molar-refractivity contribution in [2.45, 2.75) is 25.5 Å². The van der Waals surface area contributed by atoms with E-state index in [0.29, 0.717) is 18.8 Å². The summed E-state index contributed by atoms with van der Waals surface area (Å²) in [4.78, 5) is 26.8. The summed E-state index contributed by atoms with van der Waals surface area (Å²) in [5.74, 6) is 0.888. The van der Waals surface area contributed by atoms with Gasteiger partial charge in [-0.25, -0.2) is 4.79 Å². The van der Waals surface area contributed by atoms with E-state index in [-0.39, 0.29) is 12.5 Å². The van der Waals surface area contributed by atoms with E-state index in [2.05, 4.69) is 15.5 Å². The molecule has 0 spiro atoms. The molecule has 0 saturated carbocycles. The highest BCUT2D eigenvalue weighted by Crippen LogP contribution is 2.24. The lowest BCUT2D eigenvalue weighted by Gasteiger charge is -2.22. The molecule has 1 aliphatic heterocycles. The van der Waals surface area contributed by atoms with Crippen molar-refractivity contribution >= 4 is 17.8 Å². The van der Waals surface area contributed by atoms with Gasteiger partial charge in [0.1, 0.15) is 18.4 Å². The van der Waals surface area contributed by atoms with Crippen molar-refractivity contribution in [1.29, 1.82) is 0 Å².